The fourth-order valence-corrected chi connectivity index (χ4v) is 15.5. The smallest absolute Gasteiger partial charge is 0.159 e. The number of hydrogen-bond acceptors (Lipinski definition) is 4. The van der Waals surface area contributed by atoms with Crippen LogP contribution >= 0.6 is 0 Å². The van der Waals surface area contributed by atoms with Gasteiger partial charge in [0.25, 0.3) is 0 Å². The third-order valence-electron chi connectivity index (χ3n) is 20.2. The molecule has 0 spiro atoms. The molecule has 12 aromatic carbocycles. The van der Waals surface area contributed by atoms with Crippen LogP contribution in [0.2, 0.25) is 0 Å². The van der Waals surface area contributed by atoms with Crippen molar-refractivity contribution in [2.24, 2.45) is 0 Å². The van der Waals surface area contributed by atoms with E-state index in [1.165, 1.54) is 115 Å². The van der Waals surface area contributed by atoms with Crippen molar-refractivity contribution in [1.29, 1.82) is 0 Å². The first-order valence-electron chi connectivity index (χ1n) is 32.6. The molecule has 15 rings (SSSR count). The number of benzene rings is 12. The van der Waals surface area contributed by atoms with E-state index in [9.17, 15) is 5.11 Å². The molecule has 13 aromatic rings. The van der Waals surface area contributed by atoms with Crippen molar-refractivity contribution in [1.82, 2.24) is 0 Å². The number of nitrogens with zero attached hydrogens (tertiary/aromatic N) is 2. The zero-order valence-corrected chi connectivity index (χ0v) is 51.8. The molecule has 0 unspecified atom stereocenters. The van der Waals surface area contributed by atoms with Gasteiger partial charge in [0, 0.05) is 44.0 Å². The van der Waals surface area contributed by atoms with Crippen LogP contribution in [0.3, 0.4) is 0 Å². The number of aromatic hydroxyl groups is 1. The molecule has 0 atom stereocenters. The molecular weight excluding hydrogens is 1070 g/mol. The van der Waals surface area contributed by atoms with E-state index in [0.29, 0.717) is 23.7 Å². The van der Waals surface area contributed by atoms with Crippen molar-refractivity contribution in [3.63, 3.8) is 0 Å². The van der Waals surface area contributed by atoms with Gasteiger partial charge in [-0.1, -0.05) is 224 Å². The number of furan rings is 1. The number of fused-ring (bicyclic) bond motifs is 3. The van der Waals surface area contributed by atoms with E-state index in [2.05, 4.69) is 264 Å². The molecule has 2 aliphatic carbocycles. The number of aryl methyl sites for hydroxylation is 2. The van der Waals surface area contributed by atoms with Crippen LogP contribution in [0.5, 0.6) is 5.75 Å². The fraction of sp³-hybridized carbons (Fsp3) is 0.238. The highest BCUT2D eigenvalue weighted by molar-refractivity contribution is 6.30. The van der Waals surface area contributed by atoms with Gasteiger partial charge < -0.3 is 19.3 Å². The predicted molar refractivity (Wildman–Crippen MR) is 374 cm³/mol. The van der Waals surface area contributed by atoms with Gasteiger partial charge in [-0.05, 0) is 195 Å². The molecule has 0 radical (unpaired) electrons. The van der Waals surface area contributed by atoms with Gasteiger partial charge in [0.05, 0.1) is 22.7 Å². The summed E-state index contributed by atoms with van der Waals surface area (Å²) in [7, 11) is 0. The molecule has 1 heterocycles. The Kier molecular flexibility index (Phi) is 14.4. The van der Waals surface area contributed by atoms with Crippen molar-refractivity contribution < 1.29 is 9.52 Å². The Bertz CT molecular complexity index is 4740. The summed E-state index contributed by atoms with van der Waals surface area (Å²) >= 11 is 0. The van der Waals surface area contributed by atoms with Crippen LogP contribution < -0.4 is 9.80 Å². The summed E-state index contributed by atoms with van der Waals surface area (Å²) in [6, 6.07) is 79.2. The summed E-state index contributed by atoms with van der Waals surface area (Å²) < 4.78 is 7.42. The van der Waals surface area contributed by atoms with E-state index in [0.717, 1.165) is 104 Å². The SMILES string of the molecule is Cc1ccccc1-c1cccc(-c2cccc(N(c3ccc(C(C)C)cc3)c3cc(C4CCCCC4)c4ccc5c(N(c6ccc(C(C)C)cc6)c6cccc7c6oc6c(-c8ccccc8C)cccc67)cc(C6CCCCC6)c6ccc3c4c65)c2O)c1. The normalized spacial score (nSPS) is 14.4. The molecule has 2 fully saturated rings. The largest absolute Gasteiger partial charge is 0.505 e. The molecule has 1 N–H and O–H groups in total. The minimum absolute atomic E-state index is 0.258. The molecule has 2 saturated carbocycles. The lowest BCUT2D eigenvalue weighted by Crippen LogP contribution is -2.15. The number of hydrogen-bond donors (Lipinski definition) is 1. The first-order valence-corrected chi connectivity index (χ1v) is 32.6. The van der Waals surface area contributed by atoms with Crippen LogP contribution in [0.15, 0.2) is 217 Å². The van der Waals surface area contributed by atoms with Crippen molar-refractivity contribution >= 4 is 88.4 Å². The van der Waals surface area contributed by atoms with E-state index in [4.69, 9.17) is 4.42 Å². The van der Waals surface area contributed by atoms with Gasteiger partial charge in [0.1, 0.15) is 11.3 Å². The highest BCUT2D eigenvalue weighted by Crippen LogP contribution is 2.56. The predicted octanol–water partition coefficient (Wildman–Crippen LogP) is 25.1. The maximum absolute atomic E-state index is 13.2. The topological polar surface area (TPSA) is 39.9 Å². The molecule has 1 aromatic heterocycles. The third kappa shape index (κ3) is 9.59. The van der Waals surface area contributed by atoms with Crippen LogP contribution in [0, 0.1) is 13.8 Å². The maximum Gasteiger partial charge on any atom is 0.159 e. The van der Waals surface area contributed by atoms with Gasteiger partial charge in [-0.2, -0.15) is 0 Å². The van der Waals surface area contributed by atoms with Gasteiger partial charge in [-0.3, -0.25) is 0 Å². The van der Waals surface area contributed by atoms with Crippen LogP contribution in [0.25, 0.3) is 87.6 Å². The van der Waals surface area contributed by atoms with E-state index in [1.807, 2.05) is 0 Å². The fourth-order valence-electron chi connectivity index (χ4n) is 15.5. The van der Waals surface area contributed by atoms with Crippen molar-refractivity contribution in [3.8, 4) is 39.1 Å². The highest BCUT2D eigenvalue weighted by atomic mass is 16.3. The summed E-state index contributed by atoms with van der Waals surface area (Å²) in [5, 5.41) is 23.2. The lowest BCUT2D eigenvalue weighted by molar-refractivity contribution is 0.445. The molecule has 0 amide bonds. The van der Waals surface area contributed by atoms with Gasteiger partial charge in [-0.15, -0.1) is 0 Å². The number of rotatable bonds is 13. The second-order valence-corrected chi connectivity index (χ2v) is 26.2. The van der Waals surface area contributed by atoms with Gasteiger partial charge in [0.2, 0.25) is 0 Å². The minimum Gasteiger partial charge on any atom is -0.505 e. The average molecular weight is 1150 g/mol. The van der Waals surface area contributed by atoms with Crippen LogP contribution in [-0.4, -0.2) is 5.11 Å². The van der Waals surface area contributed by atoms with Crippen molar-refractivity contribution in [3.05, 3.63) is 246 Å². The summed E-state index contributed by atoms with van der Waals surface area (Å²) in [6.45, 7) is 13.5. The second kappa shape index (κ2) is 22.9. The number of para-hydroxylation sites is 3. The average Bonchev–Trinajstić information content (AvgIpc) is 0.747. The Hall–Kier alpha value is -9.12. The third-order valence-corrected chi connectivity index (χ3v) is 20.2. The van der Waals surface area contributed by atoms with Gasteiger partial charge in [-0.25, -0.2) is 0 Å². The monoisotopic (exact) mass is 1150 g/mol. The van der Waals surface area contributed by atoms with Gasteiger partial charge >= 0.3 is 0 Å². The van der Waals surface area contributed by atoms with Crippen molar-refractivity contribution in [2.45, 2.75) is 129 Å². The molecule has 4 heteroatoms. The Morgan fingerprint density at radius 2 is 0.795 bits per heavy atom. The molecule has 0 saturated heterocycles. The second-order valence-electron chi connectivity index (χ2n) is 26.2. The highest BCUT2D eigenvalue weighted by Gasteiger charge is 2.32. The maximum atomic E-state index is 13.2. The van der Waals surface area contributed by atoms with Gasteiger partial charge in [0.15, 0.2) is 5.58 Å². The van der Waals surface area contributed by atoms with Crippen LogP contribution in [-0.2, 0) is 0 Å². The summed E-state index contributed by atoms with van der Waals surface area (Å²) in [6.07, 6.45) is 12.0. The molecule has 0 bridgehead atoms. The molecule has 436 valence electrons. The number of phenols is 1. The molecule has 2 aliphatic rings. The zero-order chi connectivity index (χ0) is 59.7. The van der Waals surface area contributed by atoms with E-state index in [1.54, 1.807) is 0 Å². The zero-order valence-electron chi connectivity index (χ0n) is 51.8. The molecule has 0 aliphatic heterocycles. The lowest BCUT2D eigenvalue weighted by atomic mass is 9.77. The number of phenolic OH excluding ortho intramolecular Hbond substituents is 1. The molecule has 88 heavy (non-hydrogen) atoms. The quantitative estimate of drug-likeness (QED) is 0.117. The summed E-state index contributed by atoms with van der Waals surface area (Å²) in [5.74, 6) is 1.79. The molecule has 4 nitrogen and oxygen atoms in total. The Labute approximate surface area is 519 Å². The Morgan fingerprint density at radius 1 is 0.364 bits per heavy atom. The van der Waals surface area contributed by atoms with Crippen LogP contribution in [0.1, 0.15) is 149 Å². The summed E-state index contributed by atoms with van der Waals surface area (Å²) in [4.78, 5) is 4.94. The van der Waals surface area contributed by atoms with Crippen LogP contribution in [0.4, 0.5) is 34.1 Å². The van der Waals surface area contributed by atoms with E-state index < -0.39 is 0 Å². The van der Waals surface area contributed by atoms with E-state index in [-0.39, 0.29) is 5.75 Å². The standard InChI is InChI=1S/C84H78N2O2/c1-52(2)56-37-41-62(42-38-56)85(76-35-19-31-66(82(76)87)61-28-17-27-60(49-61)64-29-15-13-21-54(64)5)78-50-74(58-23-9-7-10-24-58)67-46-48-73-79(51-75(59-25-11-8-12-26-59)68-45-47-72(78)80(67)81(68)73)86(63-43-39-57(40-44-63)53(3)4)77-36-20-34-71-70-33-18-32-69(83(70)88-84(71)77)65-30-16-14-22-55(65)6/h13-22,27-53,58-59,87H,7-12,23-26H2,1-6H3. The lowest BCUT2D eigenvalue weighted by Gasteiger charge is -2.33. The van der Waals surface area contributed by atoms with E-state index >= 15 is 0 Å². The first-order chi connectivity index (χ1) is 43.1. The number of anilines is 6. The molecular formula is C84H78N2O2. The summed E-state index contributed by atoms with van der Waals surface area (Å²) in [5.41, 5.74) is 22.2. The Balaban J connectivity index is 1.03. The minimum atomic E-state index is 0.258. The Morgan fingerprint density at radius 3 is 1.34 bits per heavy atom. The first kappa shape index (κ1) is 55.5. The van der Waals surface area contributed by atoms with Crippen molar-refractivity contribution in [2.75, 3.05) is 9.80 Å².